The van der Waals surface area contributed by atoms with Crippen molar-refractivity contribution in [2.45, 2.75) is 39.2 Å². The first kappa shape index (κ1) is 13.7. The number of hydrogen-bond donors (Lipinski definition) is 1. The zero-order valence-electron chi connectivity index (χ0n) is 11.3. The molecule has 2 unspecified atom stereocenters. The molecule has 100 valence electrons. The van der Waals surface area contributed by atoms with Crippen molar-refractivity contribution in [2.75, 3.05) is 18.0 Å². The maximum Gasteiger partial charge on any atom is 0.0410 e. The molecule has 2 rings (SSSR count). The van der Waals surface area contributed by atoms with Gasteiger partial charge in [-0.25, -0.2) is 0 Å². The van der Waals surface area contributed by atoms with Gasteiger partial charge in [-0.3, -0.25) is 0 Å². The van der Waals surface area contributed by atoms with Crippen LogP contribution in [0, 0.1) is 5.92 Å². The van der Waals surface area contributed by atoms with Crippen molar-refractivity contribution >= 4 is 17.3 Å². The van der Waals surface area contributed by atoms with E-state index in [1.807, 2.05) is 6.07 Å². The number of benzene rings is 1. The van der Waals surface area contributed by atoms with Gasteiger partial charge in [-0.2, -0.15) is 0 Å². The van der Waals surface area contributed by atoms with Crippen LogP contribution in [-0.4, -0.2) is 19.1 Å². The van der Waals surface area contributed by atoms with Crippen LogP contribution in [0.3, 0.4) is 0 Å². The number of nitrogens with zero attached hydrogens (tertiary/aromatic N) is 1. The number of hydrogen-bond acceptors (Lipinski definition) is 2. The third kappa shape index (κ3) is 2.99. The third-order valence-electron chi connectivity index (χ3n) is 3.88. The lowest BCUT2D eigenvalue weighted by Crippen LogP contribution is -2.41. The highest BCUT2D eigenvalue weighted by Crippen LogP contribution is 2.31. The Kier molecular flexibility index (Phi) is 4.52. The summed E-state index contributed by atoms with van der Waals surface area (Å²) in [6.45, 7) is 6.45. The Balaban J connectivity index is 2.30. The van der Waals surface area contributed by atoms with E-state index in [-0.39, 0.29) is 0 Å². The summed E-state index contributed by atoms with van der Waals surface area (Å²) in [5.41, 5.74) is 8.32. The second-order valence-corrected chi connectivity index (χ2v) is 5.93. The molecule has 0 aromatic heterocycles. The molecule has 1 fully saturated rings. The van der Waals surface area contributed by atoms with Gasteiger partial charge >= 0.3 is 0 Å². The predicted molar refractivity (Wildman–Crippen MR) is 79.4 cm³/mol. The van der Waals surface area contributed by atoms with Gasteiger partial charge in [0.25, 0.3) is 0 Å². The minimum absolute atomic E-state index is 0.610. The lowest BCUT2D eigenvalue weighted by atomic mass is 9.93. The molecule has 0 radical (unpaired) electrons. The van der Waals surface area contributed by atoms with Crippen molar-refractivity contribution in [3.63, 3.8) is 0 Å². The van der Waals surface area contributed by atoms with E-state index >= 15 is 0 Å². The highest BCUT2D eigenvalue weighted by atomic mass is 35.5. The van der Waals surface area contributed by atoms with E-state index in [1.165, 1.54) is 24.1 Å². The molecule has 1 heterocycles. The van der Waals surface area contributed by atoms with Crippen LogP contribution in [0.25, 0.3) is 0 Å². The van der Waals surface area contributed by atoms with Crippen molar-refractivity contribution in [1.29, 1.82) is 0 Å². The van der Waals surface area contributed by atoms with Crippen molar-refractivity contribution < 1.29 is 0 Å². The predicted octanol–water partition coefficient (Wildman–Crippen LogP) is 3.47. The van der Waals surface area contributed by atoms with Gasteiger partial charge in [0.1, 0.15) is 0 Å². The van der Waals surface area contributed by atoms with Crippen molar-refractivity contribution in [3.8, 4) is 0 Å². The zero-order chi connectivity index (χ0) is 13.1. The number of anilines is 1. The fraction of sp³-hybridized carbons (Fsp3) is 0.600. The lowest BCUT2D eigenvalue weighted by Gasteiger charge is -2.39. The van der Waals surface area contributed by atoms with Crippen LogP contribution < -0.4 is 10.6 Å². The highest BCUT2D eigenvalue weighted by Gasteiger charge is 2.24. The smallest absolute Gasteiger partial charge is 0.0410 e. The van der Waals surface area contributed by atoms with E-state index < -0.39 is 0 Å². The normalized spacial score (nSPS) is 24.3. The molecular formula is C15H23ClN2. The van der Waals surface area contributed by atoms with E-state index in [9.17, 15) is 0 Å². The minimum Gasteiger partial charge on any atom is -0.368 e. The Morgan fingerprint density at radius 3 is 2.83 bits per heavy atom. The molecule has 1 saturated heterocycles. The molecule has 0 aliphatic carbocycles. The largest absolute Gasteiger partial charge is 0.368 e. The summed E-state index contributed by atoms with van der Waals surface area (Å²) in [6.07, 6.45) is 3.50. The van der Waals surface area contributed by atoms with Crippen molar-refractivity contribution in [1.82, 2.24) is 0 Å². The number of halogens is 1. The second kappa shape index (κ2) is 5.94. The van der Waals surface area contributed by atoms with Gasteiger partial charge in [0, 0.05) is 23.3 Å². The molecule has 0 saturated carbocycles. The first-order chi connectivity index (χ1) is 8.61. The maximum absolute atomic E-state index is 6.10. The number of piperidine rings is 1. The van der Waals surface area contributed by atoms with E-state index in [4.69, 9.17) is 17.3 Å². The fourth-order valence-electron chi connectivity index (χ4n) is 2.81. The summed E-state index contributed by atoms with van der Waals surface area (Å²) in [7, 11) is 0. The molecule has 1 aliphatic heterocycles. The van der Waals surface area contributed by atoms with Crippen LogP contribution in [0.15, 0.2) is 18.2 Å². The Morgan fingerprint density at radius 2 is 2.11 bits per heavy atom. The van der Waals surface area contributed by atoms with Gasteiger partial charge in [0.15, 0.2) is 0 Å². The Hall–Kier alpha value is -0.730. The summed E-state index contributed by atoms with van der Waals surface area (Å²) in [4.78, 5) is 2.52. The molecule has 0 bridgehead atoms. The first-order valence-corrected chi connectivity index (χ1v) is 7.24. The van der Waals surface area contributed by atoms with Crippen LogP contribution in [0.2, 0.25) is 5.02 Å². The molecule has 0 spiro atoms. The third-order valence-corrected chi connectivity index (χ3v) is 4.12. The SMILES string of the molecule is CC1CCC(C)N(c2ccc(Cl)cc2CCN)C1. The van der Waals surface area contributed by atoms with Gasteiger partial charge in [-0.1, -0.05) is 18.5 Å². The molecule has 1 aromatic carbocycles. The molecular weight excluding hydrogens is 244 g/mol. The topological polar surface area (TPSA) is 29.3 Å². The minimum atomic E-state index is 0.610. The quantitative estimate of drug-likeness (QED) is 0.908. The Labute approximate surface area is 115 Å². The highest BCUT2D eigenvalue weighted by molar-refractivity contribution is 6.30. The van der Waals surface area contributed by atoms with Crippen molar-refractivity contribution in [3.05, 3.63) is 28.8 Å². The molecule has 18 heavy (non-hydrogen) atoms. The van der Waals surface area contributed by atoms with Crippen LogP contribution in [0.5, 0.6) is 0 Å². The van der Waals surface area contributed by atoms with Gasteiger partial charge < -0.3 is 10.6 Å². The fourth-order valence-corrected chi connectivity index (χ4v) is 3.01. The average molecular weight is 267 g/mol. The Bertz CT molecular complexity index is 405. The molecule has 1 aromatic rings. The Morgan fingerprint density at radius 1 is 1.33 bits per heavy atom. The maximum atomic E-state index is 6.10. The van der Waals surface area contributed by atoms with Crippen LogP contribution in [0.4, 0.5) is 5.69 Å². The van der Waals surface area contributed by atoms with Gasteiger partial charge in [0.2, 0.25) is 0 Å². The summed E-state index contributed by atoms with van der Waals surface area (Å²) >= 11 is 6.10. The standard InChI is InChI=1S/C15H23ClN2/c1-11-3-4-12(2)18(10-11)15-6-5-14(16)9-13(15)7-8-17/h5-6,9,11-12H,3-4,7-8,10,17H2,1-2H3. The van der Waals surface area contributed by atoms with Crippen LogP contribution in [0.1, 0.15) is 32.3 Å². The van der Waals surface area contributed by atoms with E-state index in [2.05, 4.69) is 30.9 Å². The van der Waals surface area contributed by atoms with Gasteiger partial charge in [-0.15, -0.1) is 0 Å². The van der Waals surface area contributed by atoms with Crippen LogP contribution in [-0.2, 0) is 6.42 Å². The van der Waals surface area contributed by atoms with E-state index in [0.717, 1.165) is 23.9 Å². The lowest BCUT2D eigenvalue weighted by molar-refractivity contribution is 0.390. The molecule has 2 nitrogen and oxygen atoms in total. The zero-order valence-corrected chi connectivity index (χ0v) is 12.1. The summed E-state index contributed by atoms with van der Waals surface area (Å²) in [5, 5.41) is 0.805. The summed E-state index contributed by atoms with van der Waals surface area (Å²) < 4.78 is 0. The second-order valence-electron chi connectivity index (χ2n) is 5.50. The molecule has 1 aliphatic rings. The molecule has 3 heteroatoms. The van der Waals surface area contributed by atoms with Crippen LogP contribution >= 0.6 is 11.6 Å². The van der Waals surface area contributed by atoms with E-state index in [1.54, 1.807) is 0 Å². The average Bonchev–Trinajstić information content (AvgIpc) is 2.33. The van der Waals surface area contributed by atoms with Gasteiger partial charge in [0.05, 0.1) is 0 Å². The van der Waals surface area contributed by atoms with Crippen molar-refractivity contribution in [2.24, 2.45) is 11.7 Å². The van der Waals surface area contributed by atoms with E-state index in [0.29, 0.717) is 12.6 Å². The number of rotatable bonds is 3. The molecule has 0 amide bonds. The number of nitrogens with two attached hydrogens (primary N) is 1. The van der Waals surface area contributed by atoms with Gasteiger partial charge in [-0.05, 0) is 62.4 Å². The molecule has 2 N–H and O–H groups in total. The first-order valence-electron chi connectivity index (χ1n) is 6.87. The monoisotopic (exact) mass is 266 g/mol. The molecule has 2 atom stereocenters. The summed E-state index contributed by atoms with van der Waals surface area (Å²) in [5.74, 6) is 0.766. The summed E-state index contributed by atoms with van der Waals surface area (Å²) in [6, 6.07) is 6.82.